The standard InChI is InChI=1S/C14H11ClFNO2S/c15-12-6-7-14(13(16)10-12)17-20(18,19)9-8-11-4-2-1-3-5-11/h1-10,17H. The maximum atomic E-state index is 13.5. The van der Waals surface area contributed by atoms with Gasteiger partial charge in [0.2, 0.25) is 0 Å². The van der Waals surface area contributed by atoms with Crippen LogP contribution < -0.4 is 4.72 Å². The van der Waals surface area contributed by atoms with Crippen LogP contribution in [-0.2, 0) is 10.0 Å². The molecule has 104 valence electrons. The quantitative estimate of drug-likeness (QED) is 0.931. The number of benzene rings is 2. The summed E-state index contributed by atoms with van der Waals surface area (Å²) in [5.41, 5.74) is 0.585. The van der Waals surface area contributed by atoms with E-state index in [1.165, 1.54) is 18.2 Å². The first-order chi connectivity index (χ1) is 9.46. The van der Waals surface area contributed by atoms with Gasteiger partial charge >= 0.3 is 0 Å². The van der Waals surface area contributed by atoms with Crippen LogP contribution in [0.1, 0.15) is 5.56 Å². The lowest BCUT2D eigenvalue weighted by molar-refractivity contribution is 0.606. The first-order valence-electron chi connectivity index (χ1n) is 5.67. The summed E-state index contributed by atoms with van der Waals surface area (Å²) in [6, 6.07) is 12.6. The van der Waals surface area contributed by atoms with Gasteiger partial charge in [-0.05, 0) is 29.8 Å². The van der Waals surface area contributed by atoms with Crippen molar-refractivity contribution >= 4 is 33.4 Å². The highest BCUT2D eigenvalue weighted by Crippen LogP contribution is 2.20. The van der Waals surface area contributed by atoms with Gasteiger partial charge in [0.1, 0.15) is 5.82 Å². The Labute approximate surface area is 121 Å². The Hall–Kier alpha value is -1.85. The van der Waals surface area contributed by atoms with E-state index in [4.69, 9.17) is 11.6 Å². The number of anilines is 1. The largest absolute Gasteiger partial charge is 0.277 e. The van der Waals surface area contributed by atoms with E-state index in [0.717, 1.165) is 17.0 Å². The molecule has 6 heteroatoms. The van der Waals surface area contributed by atoms with Gasteiger partial charge in [-0.25, -0.2) is 12.8 Å². The number of sulfonamides is 1. The van der Waals surface area contributed by atoms with Crippen molar-refractivity contribution in [1.29, 1.82) is 0 Å². The van der Waals surface area contributed by atoms with Gasteiger partial charge in [-0.1, -0.05) is 41.9 Å². The lowest BCUT2D eigenvalue weighted by atomic mass is 10.2. The molecule has 0 atom stereocenters. The molecule has 0 unspecified atom stereocenters. The maximum Gasteiger partial charge on any atom is 0.255 e. The van der Waals surface area contributed by atoms with Crippen LogP contribution in [0.4, 0.5) is 10.1 Å². The van der Waals surface area contributed by atoms with Crippen LogP contribution in [0.3, 0.4) is 0 Å². The number of nitrogens with one attached hydrogen (secondary N) is 1. The van der Waals surface area contributed by atoms with E-state index in [9.17, 15) is 12.8 Å². The Kier molecular flexibility index (Phi) is 4.42. The molecule has 1 N–H and O–H groups in total. The van der Waals surface area contributed by atoms with Crippen molar-refractivity contribution in [3.05, 3.63) is 70.3 Å². The number of rotatable bonds is 4. The van der Waals surface area contributed by atoms with Crippen LogP contribution >= 0.6 is 11.6 Å². The third-order valence-electron chi connectivity index (χ3n) is 2.42. The minimum Gasteiger partial charge on any atom is -0.277 e. The molecule has 0 fully saturated rings. The molecule has 2 aromatic rings. The van der Waals surface area contributed by atoms with Gasteiger partial charge in [0, 0.05) is 5.02 Å². The van der Waals surface area contributed by atoms with Crippen molar-refractivity contribution in [2.24, 2.45) is 0 Å². The molecule has 0 saturated heterocycles. The fourth-order valence-corrected chi connectivity index (χ4v) is 2.53. The van der Waals surface area contributed by atoms with Crippen LogP contribution in [0, 0.1) is 5.82 Å². The molecule has 0 spiro atoms. The van der Waals surface area contributed by atoms with Crippen LogP contribution in [0.2, 0.25) is 5.02 Å². The minimum atomic E-state index is -3.78. The predicted molar refractivity (Wildman–Crippen MR) is 79.4 cm³/mol. The molecule has 0 aliphatic rings. The van der Waals surface area contributed by atoms with Crippen molar-refractivity contribution in [2.75, 3.05) is 4.72 Å². The second-order valence-corrected chi connectivity index (χ2v) is 5.99. The summed E-state index contributed by atoms with van der Waals surface area (Å²) < 4.78 is 39.3. The minimum absolute atomic E-state index is 0.146. The monoisotopic (exact) mass is 311 g/mol. The molecule has 2 aromatic carbocycles. The van der Waals surface area contributed by atoms with Gasteiger partial charge < -0.3 is 0 Å². The molecule has 0 radical (unpaired) electrons. The van der Waals surface area contributed by atoms with E-state index in [1.54, 1.807) is 24.3 Å². The van der Waals surface area contributed by atoms with Crippen molar-refractivity contribution < 1.29 is 12.8 Å². The summed E-state index contributed by atoms with van der Waals surface area (Å²) in [5, 5.41) is 1.18. The van der Waals surface area contributed by atoms with Crippen molar-refractivity contribution in [1.82, 2.24) is 0 Å². The molecule has 0 saturated carbocycles. The first kappa shape index (κ1) is 14.6. The smallest absolute Gasteiger partial charge is 0.255 e. The fraction of sp³-hybridized carbons (Fsp3) is 0. The molecule has 0 aliphatic carbocycles. The fourth-order valence-electron chi connectivity index (χ4n) is 1.49. The molecule has 3 nitrogen and oxygen atoms in total. The summed E-state index contributed by atoms with van der Waals surface area (Å²) in [4.78, 5) is 0. The molecule has 0 bridgehead atoms. The van der Waals surface area contributed by atoms with Crippen LogP contribution in [0.25, 0.3) is 6.08 Å². The summed E-state index contributed by atoms with van der Waals surface area (Å²) >= 11 is 5.60. The van der Waals surface area contributed by atoms with E-state index in [-0.39, 0.29) is 10.7 Å². The Morgan fingerprint density at radius 1 is 1.10 bits per heavy atom. The molecule has 2 rings (SSSR count). The van der Waals surface area contributed by atoms with E-state index >= 15 is 0 Å². The van der Waals surface area contributed by atoms with Crippen LogP contribution in [0.5, 0.6) is 0 Å². The third kappa shape index (κ3) is 4.08. The van der Waals surface area contributed by atoms with Crippen LogP contribution in [0.15, 0.2) is 53.9 Å². The van der Waals surface area contributed by atoms with E-state index in [2.05, 4.69) is 4.72 Å². The second kappa shape index (κ2) is 6.07. The highest BCUT2D eigenvalue weighted by Gasteiger charge is 2.10. The Morgan fingerprint density at radius 3 is 2.45 bits per heavy atom. The first-order valence-corrected chi connectivity index (χ1v) is 7.60. The average Bonchev–Trinajstić information content (AvgIpc) is 2.41. The highest BCUT2D eigenvalue weighted by atomic mass is 35.5. The SMILES string of the molecule is O=S(=O)(C=Cc1ccccc1)Nc1ccc(Cl)cc1F. The van der Waals surface area contributed by atoms with E-state index < -0.39 is 15.8 Å². The number of hydrogen-bond acceptors (Lipinski definition) is 2. The Morgan fingerprint density at radius 2 is 1.80 bits per heavy atom. The molecule has 0 amide bonds. The summed E-state index contributed by atoms with van der Waals surface area (Å²) in [7, 11) is -3.78. The van der Waals surface area contributed by atoms with Gasteiger partial charge in [0.15, 0.2) is 0 Å². The molecule has 20 heavy (non-hydrogen) atoms. The zero-order chi connectivity index (χ0) is 14.6. The maximum absolute atomic E-state index is 13.5. The number of hydrogen-bond donors (Lipinski definition) is 1. The van der Waals surface area contributed by atoms with Crippen molar-refractivity contribution in [2.45, 2.75) is 0 Å². The lowest BCUT2D eigenvalue weighted by Gasteiger charge is -2.05. The predicted octanol–water partition coefficient (Wildman–Crippen LogP) is 3.89. The summed E-state index contributed by atoms with van der Waals surface area (Å²) in [6.07, 6.45) is 1.43. The Bertz CT molecular complexity index is 730. The van der Waals surface area contributed by atoms with Crippen molar-refractivity contribution in [3.8, 4) is 0 Å². The zero-order valence-corrected chi connectivity index (χ0v) is 11.8. The summed E-state index contributed by atoms with van der Waals surface area (Å²) in [6.45, 7) is 0. The number of halogens is 2. The Balaban J connectivity index is 2.17. The normalized spacial score (nSPS) is 11.7. The van der Waals surface area contributed by atoms with Gasteiger partial charge in [0.25, 0.3) is 10.0 Å². The molecule has 0 aromatic heterocycles. The van der Waals surface area contributed by atoms with E-state index in [1.807, 2.05) is 6.07 Å². The molecule has 0 aliphatic heterocycles. The average molecular weight is 312 g/mol. The molecular formula is C14H11ClFNO2S. The second-order valence-electron chi connectivity index (χ2n) is 3.98. The van der Waals surface area contributed by atoms with Crippen molar-refractivity contribution in [3.63, 3.8) is 0 Å². The molecule has 0 heterocycles. The van der Waals surface area contributed by atoms with Gasteiger partial charge in [-0.3, -0.25) is 4.72 Å². The molecular weight excluding hydrogens is 301 g/mol. The lowest BCUT2D eigenvalue weighted by Crippen LogP contribution is -2.10. The van der Waals surface area contributed by atoms with Gasteiger partial charge in [0.05, 0.1) is 11.1 Å². The van der Waals surface area contributed by atoms with Gasteiger partial charge in [-0.2, -0.15) is 0 Å². The van der Waals surface area contributed by atoms with E-state index in [0.29, 0.717) is 0 Å². The topological polar surface area (TPSA) is 46.2 Å². The zero-order valence-electron chi connectivity index (χ0n) is 10.3. The van der Waals surface area contributed by atoms with Gasteiger partial charge in [-0.15, -0.1) is 0 Å². The summed E-state index contributed by atoms with van der Waals surface area (Å²) in [5.74, 6) is -0.728. The van der Waals surface area contributed by atoms with Crippen LogP contribution in [-0.4, -0.2) is 8.42 Å². The highest BCUT2D eigenvalue weighted by molar-refractivity contribution is 7.95. The third-order valence-corrected chi connectivity index (χ3v) is 3.66.